The third-order valence-electron chi connectivity index (χ3n) is 4.11. The van der Waals surface area contributed by atoms with Gasteiger partial charge in [0.15, 0.2) is 0 Å². The molecule has 5 unspecified atom stereocenters. The summed E-state index contributed by atoms with van der Waals surface area (Å²) in [7, 11) is -4.91. The highest BCUT2D eigenvalue weighted by Gasteiger charge is 2.44. The van der Waals surface area contributed by atoms with E-state index in [9.17, 15) is 33.6 Å². The van der Waals surface area contributed by atoms with E-state index in [0.29, 0.717) is 17.3 Å². The zero-order valence-electron chi connectivity index (χ0n) is 16.1. The average molecular weight is 482 g/mol. The number of carbonyl (C=O) groups is 1. The van der Waals surface area contributed by atoms with Crippen LogP contribution in [0.15, 0.2) is 35.5 Å². The van der Waals surface area contributed by atoms with Crippen molar-refractivity contribution in [1.29, 1.82) is 0 Å². The predicted octanol–water partition coefficient (Wildman–Crippen LogP) is -0.710. The number of thioether (sulfide) groups is 1. The normalized spacial score (nSPS) is 27.0. The molecule has 0 aliphatic carbocycles. The SMILES string of the molecule is O=C(OCCCC(=NOS(=O)(=O)O)SC1OC(CO)C(O)C(O)C1O)c1ccccc1. The fourth-order valence-corrected chi connectivity index (χ4v) is 3.90. The molecule has 31 heavy (non-hydrogen) atoms. The summed E-state index contributed by atoms with van der Waals surface area (Å²) in [5.41, 5.74) is -0.895. The van der Waals surface area contributed by atoms with Crippen LogP contribution in [0.25, 0.3) is 0 Å². The summed E-state index contributed by atoms with van der Waals surface area (Å²) >= 11 is 0.649. The van der Waals surface area contributed by atoms with Crippen LogP contribution in [0, 0.1) is 0 Å². The van der Waals surface area contributed by atoms with Crippen molar-refractivity contribution in [1.82, 2.24) is 0 Å². The van der Waals surface area contributed by atoms with Crippen LogP contribution in [0.2, 0.25) is 0 Å². The first-order chi connectivity index (χ1) is 14.6. The van der Waals surface area contributed by atoms with Crippen LogP contribution in [0.3, 0.4) is 0 Å². The molecule has 14 heteroatoms. The molecule has 0 aromatic heterocycles. The van der Waals surface area contributed by atoms with Crippen LogP contribution >= 0.6 is 11.8 Å². The molecule has 1 aliphatic heterocycles. The molecule has 0 amide bonds. The van der Waals surface area contributed by atoms with Gasteiger partial charge in [-0.2, -0.15) is 8.42 Å². The molecule has 0 radical (unpaired) electrons. The van der Waals surface area contributed by atoms with Crippen molar-refractivity contribution < 1.29 is 51.9 Å². The third kappa shape index (κ3) is 8.01. The van der Waals surface area contributed by atoms with Crippen molar-refractivity contribution in [2.45, 2.75) is 42.7 Å². The molecular weight excluding hydrogens is 458 g/mol. The van der Waals surface area contributed by atoms with Crippen molar-refractivity contribution in [2.24, 2.45) is 5.16 Å². The monoisotopic (exact) mass is 481 g/mol. The summed E-state index contributed by atoms with van der Waals surface area (Å²) < 4.78 is 44.8. The lowest BCUT2D eigenvalue weighted by atomic mass is 10.0. The number of ether oxygens (including phenoxy) is 2. The van der Waals surface area contributed by atoms with E-state index in [1.165, 1.54) is 0 Å². The molecule has 1 aromatic carbocycles. The van der Waals surface area contributed by atoms with Crippen LogP contribution in [0.5, 0.6) is 0 Å². The first kappa shape index (κ1) is 25.5. The second kappa shape index (κ2) is 11.7. The number of carbonyl (C=O) groups excluding carboxylic acids is 1. The molecule has 2 rings (SSSR count). The Bertz CT molecular complexity index is 847. The zero-order valence-corrected chi connectivity index (χ0v) is 17.7. The number of rotatable bonds is 9. The van der Waals surface area contributed by atoms with E-state index in [0.717, 1.165) is 0 Å². The van der Waals surface area contributed by atoms with Crippen molar-refractivity contribution in [3.8, 4) is 0 Å². The topological polar surface area (TPSA) is 192 Å². The average Bonchev–Trinajstić information content (AvgIpc) is 2.74. The van der Waals surface area contributed by atoms with Crippen molar-refractivity contribution in [2.75, 3.05) is 13.2 Å². The van der Waals surface area contributed by atoms with Gasteiger partial charge in [-0.15, -0.1) is 0 Å². The summed E-state index contributed by atoms with van der Waals surface area (Å²) in [6, 6.07) is 8.23. The van der Waals surface area contributed by atoms with Gasteiger partial charge in [0, 0.05) is 6.42 Å². The van der Waals surface area contributed by atoms with Crippen LogP contribution in [-0.4, -0.2) is 87.5 Å². The zero-order chi connectivity index (χ0) is 23.0. The number of aliphatic hydroxyl groups excluding tert-OH is 4. The number of aliphatic hydroxyl groups is 4. The fraction of sp³-hybridized carbons (Fsp3) is 0.529. The number of esters is 1. The van der Waals surface area contributed by atoms with Gasteiger partial charge in [0.1, 0.15) is 34.9 Å². The summed E-state index contributed by atoms with van der Waals surface area (Å²) in [6.45, 7) is -0.709. The van der Waals surface area contributed by atoms with Crippen LogP contribution < -0.4 is 0 Å². The van der Waals surface area contributed by atoms with E-state index in [4.69, 9.17) is 14.0 Å². The van der Waals surface area contributed by atoms with Crippen LogP contribution in [-0.2, 0) is 24.2 Å². The number of hydrogen-bond donors (Lipinski definition) is 5. The van der Waals surface area contributed by atoms with Gasteiger partial charge in [-0.3, -0.25) is 4.55 Å². The predicted molar refractivity (Wildman–Crippen MR) is 107 cm³/mol. The molecule has 1 aliphatic rings. The summed E-state index contributed by atoms with van der Waals surface area (Å²) in [5.74, 6) is -0.560. The van der Waals surface area contributed by atoms with Gasteiger partial charge in [0.25, 0.3) is 0 Å². The number of nitrogens with zero attached hydrogens (tertiary/aromatic N) is 1. The minimum absolute atomic E-state index is 0.0166. The Morgan fingerprint density at radius 3 is 2.42 bits per heavy atom. The minimum atomic E-state index is -4.91. The molecule has 0 spiro atoms. The Morgan fingerprint density at radius 2 is 1.81 bits per heavy atom. The summed E-state index contributed by atoms with van der Waals surface area (Å²) in [6.07, 6.45) is -5.84. The smallest absolute Gasteiger partial charge is 0.462 e. The largest absolute Gasteiger partial charge is 0.466 e. The maximum Gasteiger partial charge on any atom is 0.466 e. The first-order valence-electron chi connectivity index (χ1n) is 9.04. The summed E-state index contributed by atoms with van der Waals surface area (Å²) in [5, 5.41) is 42.2. The van der Waals surface area contributed by atoms with Gasteiger partial charge in [0.2, 0.25) is 0 Å². The van der Waals surface area contributed by atoms with Crippen LogP contribution in [0.1, 0.15) is 23.2 Å². The van der Waals surface area contributed by atoms with Crippen LogP contribution in [0.4, 0.5) is 0 Å². The maximum absolute atomic E-state index is 11.9. The quantitative estimate of drug-likeness (QED) is 0.0744. The van der Waals surface area contributed by atoms with E-state index in [1.54, 1.807) is 30.3 Å². The van der Waals surface area contributed by atoms with Crippen molar-refractivity contribution >= 4 is 33.2 Å². The molecular formula is C17H23NO11S2. The standard InChI is InChI=1S/C17H23NO11S2/c19-9-11-13(20)14(21)15(22)17(28-11)30-12(18-29-31(24,25)26)7-4-8-27-16(23)10-5-2-1-3-6-10/h1-3,5-6,11,13-15,17,19-22H,4,7-9H2,(H,24,25,26). The second-order valence-corrected chi connectivity index (χ2v) is 8.58. The highest BCUT2D eigenvalue weighted by Crippen LogP contribution is 2.30. The molecule has 1 saturated heterocycles. The molecule has 1 fully saturated rings. The highest BCUT2D eigenvalue weighted by molar-refractivity contribution is 8.14. The molecule has 0 bridgehead atoms. The molecule has 12 nitrogen and oxygen atoms in total. The van der Waals surface area contributed by atoms with E-state index >= 15 is 0 Å². The van der Waals surface area contributed by atoms with Gasteiger partial charge < -0.3 is 29.9 Å². The Labute approximate surface area is 182 Å². The van der Waals surface area contributed by atoms with Gasteiger partial charge >= 0.3 is 16.4 Å². The molecule has 5 atom stereocenters. The fourth-order valence-electron chi connectivity index (χ4n) is 2.56. The van der Waals surface area contributed by atoms with Crippen molar-refractivity contribution in [3.63, 3.8) is 0 Å². The van der Waals surface area contributed by atoms with Gasteiger partial charge in [-0.05, 0) is 18.6 Å². The Kier molecular flexibility index (Phi) is 9.64. The molecule has 1 heterocycles. The molecule has 0 saturated carbocycles. The van der Waals surface area contributed by atoms with Gasteiger partial charge in [-0.1, -0.05) is 35.1 Å². The summed E-state index contributed by atoms with van der Waals surface area (Å²) in [4.78, 5) is 11.9. The van der Waals surface area contributed by atoms with E-state index in [1.807, 2.05) is 0 Å². The maximum atomic E-state index is 11.9. The number of benzene rings is 1. The van der Waals surface area contributed by atoms with Gasteiger partial charge in [0.05, 0.1) is 18.8 Å². The molecule has 1 aromatic rings. The molecule has 5 N–H and O–H groups in total. The second-order valence-electron chi connectivity index (χ2n) is 6.41. The lowest BCUT2D eigenvalue weighted by Gasteiger charge is -2.39. The molecule has 174 valence electrons. The number of hydrogen-bond acceptors (Lipinski definition) is 12. The van der Waals surface area contributed by atoms with Crippen molar-refractivity contribution in [3.05, 3.63) is 35.9 Å². The Hall–Kier alpha value is -1.78. The minimum Gasteiger partial charge on any atom is -0.462 e. The first-order valence-corrected chi connectivity index (χ1v) is 11.3. The number of oxime groups is 1. The van der Waals surface area contributed by atoms with E-state index < -0.39 is 52.8 Å². The highest BCUT2D eigenvalue weighted by atomic mass is 32.3. The lowest BCUT2D eigenvalue weighted by molar-refractivity contribution is -0.205. The van der Waals surface area contributed by atoms with E-state index in [-0.39, 0.29) is 24.5 Å². The lowest BCUT2D eigenvalue weighted by Crippen LogP contribution is -2.57. The van der Waals surface area contributed by atoms with Gasteiger partial charge in [-0.25, -0.2) is 9.08 Å². The Morgan fingerprint density at radius 1 is 1.13 bits per heavy atom. The third-order valence-corrected chi connectivity index (χ3v) is 5.55. The Balaban J connectivity index is 1.98. The van der Waals surface area contributed by atoms with E-state index in [2.05, 4.69) is 9.44 Å².